The minimum absolute atomic E-state index is 0.377. The van der Waals surface area contributed by atoms with Gasteiger partial charge in [0.25, 0.3) is 5.91 Å². The van der Waals surface area contributed by atoms with Crippen LogP contribution in [0.25, 0.3) is 0 Å². The van der Waals surface area contributed by atoms with Gasteiger partial charge in [0.15, 0.2) is 0 Å². The predicted octanol–water partition coefficient (Wildman–Crippen LogP) is -0.232. The maximum absolute atomic E-state index is 11.0. The van der Waals surface area contributed by atoms with Gasteiger partial charge in [-0.1, -0.05) is 5.16 Å². The molecule has 9 heteroatoms. The minimum atomic E-state index is -0.903. The molecule has 0 radical (unpaired) electrons. The van der Waals surface area contributed by atoms with Gasteiger partial charge in [0, 0.05) is 18.9 Å². The Balaban J connectivity index is 0.000000532. The highest BCUT2D eigenvalue weighted by molar-refractivity contribution is 6.46. The summed E-state index contributed by atoms with van der Waals surface area (Å²) in [6.45, 7) is 2.07. The van der Waals surface area contributed by atoms with E-state index in [4.69, 9.17) is 5.26 Å². The van der Waals surface area contributed by atoms with Gasteiger partial charge in [0.05, 0.1) is 6.33 Å². The zero-order valence-corrected chi connectivity index (χ0v) is 10.5. The van der Waals surface area contributed by atoms with Crippen LogP contribution in [0.1, 0.15) is 6.92 Å². The van der Waals surface area contributed by atoms with Crippen molar-refractivity contribution in [3.8, 4) is 6.07 Å². The molecule has 0 aliphatic heterocycles. The van der Waals surface area contributed by atoms with Crippen LogP contribution >= 0.6 is 0 Å². The molecule has 0 saturated carbocycles. The lowest BCUT2D eigenvalue weighted by atomic mass is 10.4. The second kappa shape index (κ2) is 10.3. The fourth-order valence-corrected chi connectivity index (χ4v) is 0.786. The molecular weight excluding hydrogens is 252 g/mol. The molecule has 0 unspecified atom stereocenters. The van der Waals surface area contributed by atoms with Gasteiger partial charge in [0.1, 0.15) is 13.2 Å². The summed E-state index contributed by atoms with van der Waals surface area (Å²) in [5, 5.41) is 15.8. The molecule has 0 fully saturated rings. The number of nitrogens with zero attached hydrogens (tertiary/aromatic N) is 3. The number of nitrogens with one attached hydrogen (secondary N) is 3. The first-order chi connectivity index (χ1) is 9.15. The van der Waals surface area contributed by atoms with Crippen LogP contribution in [0.5, 0.6) is 0 Å². The molecule has 0 atom stereocenters. The van der Waals surface area contributed by atoms with Gasteiger partial charge in [0.2, 0.25) is 5.71 Å². The number of aromatic amines is 1. The van der Waals surface area contributed by atoms with Crippen molar-refractivity contribution in [2.45, 2.75) is 6.92 Å². The number of rotatable bonds is 3. The van der Waals surface area contributed by atoms with Crippen molar-refractivity contribution in [2.75, 3.05) is 13.7 Å². The Bertz CT molecular complexity index is 431. The molecule has 0 aromatic carbocycles. The molecule has 0 aliphatic carbocycles. The number of hydrogen-bond acceptors (Lipinski definition) is 6. The first kappa shape index (κ1) is 16.1. The Kier molecular flexibility index (Phi) is 8.71. The quantitative estimate of drug-likeness (QED) is 0.513. The number of imide groups is 1. The van der Waals surface area contributed by atoms with Crippen LogP contribution in [-0.4, -0.2) is 41.3 Å². The highest BCUT2D eigenvalue weighted by atomic mass is 16.6. The molecule has 0 spiro atoms. The lowest BCUT2D eigenvalue weighted by Crippen LogP contribution is -2.42. The van der Waals surface area contributed by atoms with E-state index >= 15 is 0 Å². The molecule has 1 rings (SSSR count). The fourth-order valence-electron chi connectivity index (χ4n) is 0.786. The molecule has 102 valence electrons. The standard InChI is InChI=1S/C7H10N4O3.C3H4N2/c1-3-9-7(13)10-6(12)5(4-8)11-14-2;1-2-5-3-4-1/h3H2,1-2H3,(H2,9,10,12,13);1-3H,(H,4,5)/b11-5+;. The second-order valence-electron chi connectivity index (χ2n) is 2.81. The number of nitriles is 1. The first-order valence-electron chi connectivity index (χ1n) is 5.18. The second-order valence-corrected chi connectivity index (χ2v) is 2.81. The maximum Gasteiger partial charge on any atom is 0.321 e. The summed E-state index contributed by atoms with van der Waals surface area (Å²) < 4.78 is 0. The number of imidazole rings is 1. The third kappa shape index (κ3) is 7.92. The molecule has 0 aliphatic rings. The highest BCUT2D eigenvalue weighted by Gasteiger charge is 2.14. The molecular formula is C10H14N6O3. The van der Waals surface area contributed by atoms with Crippen molar-refractivity contribution in [1.82, 2.24) is 20.6 Å². The number of oxime groups is 1. The van der Waals surface area contributed by atoms with E-state index in [1.165, 1.54) is 13.2 Å². The van der Waals surface area contributed by atoms with Gasteiger partial charge >= 0.3 is 6.03 Å². The molecule has 0 bridgehead atoms. The van der Waals surface area contributed by atoms with Crippen LogP contribution in [0.15, 0.2) is 23.9 Å². The zero-order chi connectivity index (χ0) is 14.5. The molecule has 0 saturated heterocycles. The number of amides is 3. The monoisotopic (exact) mass is 266 g/mol. The van der Waals surface area contributed by atoms with Crippen LogP contribution < -0.4 is 10.6 Å². The summed E-state index contributed by atoms with van der Waals surface area (Å²) >= 11 is 0. The summed E-state index contributed by atoms with van der Waals surface area (Å²) in [4.78, 5) is 32.5. The van der Waals surface area contributed by atoms with Crippen molar-refractivity contribution in [1.29, 1.82) is 5.26 Å². The van der Waals surface area contributed by atoms with E-state index in [1.807, 2.05) is 5.32 Å². The Morgan fingerprint density at radius 1 is 1.58 bits per heavy atom. The number of urea groups is 1. The average Bonchev–Trinajstić information content (AvgIpc) is 2.95. The summed E-state index contributed by atoms with van der Waals surface area (Å²) in [6, 6.07) is 0.799. The smallest absolute Gasteiger partial charge is 0.321 e. The summed E-state index contributed by atoms with van der Waals surface area (Å²) in [5.74, 6) is -0.903. The lowest BCUT2D eigenvalue weighted by Gasteiger charge is -2.01. The van der Waals surface area contributed by atoms with Gasteiger partial charge in [-0.15, -0.1) is 0 Å². The Morgan fingerprint density at radius 3 is 2.68 bits per heavy atom. The Labute approximate surface area is 109 Å². The number of carbonyl (C=O) groups is 2. The number of aromatic nitrogens is 2. The molecule has 1 aromatic rings. The van der Waals surface area contributed by atoms with Crippen LogP contribution in [-0.2, 0) is 9.63 Å². The van der Waals surface area contributed by atoms with E-state index < -0.39 is 17.6 Å². The molecule has 1 aromatic heterocycles. The predicted molar refractivity (Wildman–Crippen MR) is 65.9 cm³/mol. The van der Waals surface area contributed by atoms with Gasteiger partial charge in [-0.05, 0) is 6.92 Å². The van der Waals surface area contributed by atoms with Crippen molar-refractivity contribution < 1.29 is 14.4 Å². The largest absolute Gasteiger partial charge is 0.398 e. The van der Waals surface area contributed by atoms with Crippen molar-refractivity contribution >= 4 is 17.6 Å². The fraction of sp³-hybridized carbons (Fsp3) is 0.300. The van der Waals surface area contributed by atoms with E-state index in [0.717, 1.165) is 0 Å². The number of carbonyl (C=O) groups excluding carboxylic acids is 2. The average molecular weight is 266 g/mol. The van der Waals surface area contributed by atoms with Crippen LogP contribution in [0.2, 0.25) is 0 Å². The molecule has 19 heavy (non-hydrogen) atoms. The lowest BCUT2D eigenvalue weighted by molar-refractivity contribution is -0.113. The van der Waals surface area contributed by atoms with Crippen molar-refractivity contribution in [3.63, 3.8) is 0 Å². The van der Waals surface area contributed by atoms with Crippen LogP contribution in [0.3, 0.4) is 0 Å². The Morgan fingerprint density at radius 2 is 2.32 bits per heavy atom. The molecule has 9 nitrogen and oxygen atoms in total. The topological polar surface area (TPSA) is 132 Å². The number of hydrogen-bond donors (Lipinski definition) is 3. The Hall–Kier alpha value is -2.89. The third-order valence-corrected chi connectivity index (χ3v) is 1.47. The van der Waals surface area contributed by atoms with E-state index in [-0.39, 0.29) is 0 Å². The molecule has 1 heterocycles. The summed E-state index contributed by atoms with van der Waals surface area (Å²) in [5.41, 5.74) is -0.515. The van der Waals surface area contributed by atoms with Crippen LogP contribution in [0.4, 0.5) is 4.79 Å². The minimum Gasteiger partial charge on any atom is -0.398 e. The summed E-state index contributed by atoms with van der Waals surface area (Å²) in [6.07, 6.45) is 5.08. The van der Waals surface area contributed by atoms with E-state index in [2.05, 4.69) is 25.3 Å². The van der Waals surface area contributed by atoms with Gasteiger partial charge in [-0.25, -0.2) is 9.78 Å². The van der Waals surface area contributed by atoms with Gasteiger partial charge in [-0.2, -0.15) is 5.26 Å². The number of H-pyrrole nitrogens is 1. The highest BCUT2D eigenvalue weighted by Crippen LogP contribution is 1.79. The summed E-state index contributed by atoms with van der Waals surface area (Å²) in [7, 11) is 1.19. The SMILES string of the molecule is CCNC(=O)NC(=O)/C(C#N)=N/OC.c1c[nH]cn1. The molecule has 3 amide bonds. The maximum atomic E-state index is 11.0. The van der Waals surface area contributed by atoms with E-state index in [1.54, 1.807) is 25.6 Å². The zero-order valence-electron chi connectivity index (χ0n) is 10.5. The molecule has 3 N–H and O–H groups in total. The van der Waals surface area contributed by atoms with Crippen molar-refractivity contribution in [2.24, 2.45) is 5.16 Å². The van der Waals surface area contributed by atoms with E-state index in [0.29, 0.717) is 6.54 Å². The normalized spacial score (nSPS) is 9.42. The van der Waals surface area contributed by atoms with Gasteiger partial charge in [-0.3, -0.25) is 10.1 Å². The van der Waals surface area contributed by atoms with Crippen molar-refractivity contribution in [3.05, 3.63) is 18.7 Å². The van der Waals surface area contributed by atoms with Crippen LogP contribution in [0, 0.1) is 11.3 Å². The van der Waals surface area contributed by atoms with Gasteiger partial charge < -0.3 is 15.1 Å². The third-order valence-electron chi connectivity index (χ3n) is 1.47. The van der Waals surface area contributed by atoms with E-state index in [9.17, 15) is 9.59 Å². The first-order valence-corrected chi connectivity index (χ1v) is 5.18.